The number of hydrogen-bond donors (Lipinski definition) is 2. The van der Waals surface area contributed by atoms with Crippen LogP contribution in [-0.4, -0.2) is 29.2 Å². The van der Waals surface area contributed by atoms with Crippen LogP contribution in [0.3, 0.4) is 0 Å². The fraction of sp³-hybridized carbons (Fsp3) is 1.00. The van der Waals surface area contributed by atoms with Crippen molar-refractivity contribution in [3.8, 4) is 0 Å². The van der Waals surface area contributed by atoms with Crippen LogP contribution in [0.1, 0.15) is 13.3 Å². The van der Waals surface area contributed by atoms with E-state index in [-0.39, 0.29) is 5.92 Å². The zero-order valence-corrected chi connectivity index (χ0v) is 5.45. The minimum atomic E-state index is -0.964. The Morgan fingerprint density at radius 1 is 1.44 bits per heavy atom. The molecule has 0 saturated carbocycles. The largest absolute Gasteiger partial charge is 0.388 e. The summed E-state index contributed by atoms with van der Waals surface area (Å²) in [6, 6.07) is 0. The van der Waals surface area contributed by atoms with Crippen molar-refractivity contribution >= 4 is 0 Å². The van der Waals surface area contributed by atoms with Gasteiger partial charge in [-0.15, -0.1) is 0 Å². The van der Waals surface area contributed by atoms with Gasteiger partial charge in [-0.2, -0.15) is 0 Å². The van der Waals surface area contributed by atoms with Gasteiger partial charge in [0.1, 0.15) is 6.10 Å². The third kappa shape index (κ3) is 1.41. The summed E-state index contributed by atoms with van der Waals surface area (Å²) < 4.78 is 4.77. The average Bonchev–Trinajstić information content (AvgIpc) is 1.83. The molecular weight excluding hydrogens is 120 g/mol. The first kappa shape index (κ1) is 6.99. The van der Waals surface area contributed by atoms with Gasteiger partial charge in [-0.1, -0.05) is 6.92 Å². The predicted molar refractivity (Wildman–Crippen MR) is 31.7 cm³/mol. The van der Waals surface area contributed by atoms with Gasteiger partial charge >= 0.3 is 0 Å². The highest BCUT2D eigenvalue weighted by Gasteiger charge is 2.27. The molecule has 3 atom stereocenters. The van der Waals surface area contributed by atoms with Gasteiger partial charge in [0.25, 0.3) is 0 Å². The molecule has 2 N–H and O–H groups in total. The van der Waals surface area contributed by atoms with Crippen LogP contribution in [0.5, 0.6) is 0 Å². The van der Waals surface area contributed by atoms with Gasteiger partial charge in [-0.05, 0) is 12.3 Å². The second-order valence-corrected chi connectivity index (χ2v) is 2.52. The summed E-state index contributed by atoms with van der Waals surface area (Å²) in [5.41, 5.74) is 0. The fourth-order valence-corrected chi connectivity index (χ4v) is 0.925. The Labute approximate surface area is 54.3 Å². The van der Waals surface area contributed by atoms with E-state index in [1.165, 1.54) is 0 Å². The molecule has 1 saturated heterocycles. The van der Waals surface area contributed by atoms with Crippen LogP contribution < -0.4 is 0 Å². The van der Waals surface area contributed by atoms with Crippen LogP contribution in [0.25, 0.3) is 0 Å². The van der Waals surface area contributed by atoms with Crippen LogP contribution in [0, 0.1) is 5.92 Å². The molecular formula is C6H12O3. The lowest BCUT2D eigenvalue weighted by Gasteiger charge is -2.28. The zero-order valence-electron chi connectivity index (χ0n) is 5.45. The quantitative estimate of drug-likeness (QED) is 0.476. The standard InChI is InChI=1S/C6H12O3/c1-4-2-3-9-6(8)5(4)7/h4-8H,2-3H2,1H3/t4-,5+,6?/m1/s1. The Bertz CT molecular complexity index is 84.3. The predicted octanol–water partition coefficient (Wildman–Crippen LogP) is -0.278. The van der Waals surface area contributed by atoms with Gasteiger partial charge in [-0.3, -0.25) is 0 Å². The Kier molecular flexibility index (Phi) is 2.05. The van der Waals surface area contributed by atoms with E-state index in [0.29, 0.717) is 6.61 Å². The topological polar surface area (TPSA) is 49.7 Å². The summed E-state index contributed by atoms with van der Waals surface area (Å²) in [4.78, 5) is 0. The molecule has 0 amide bonds. The lowest BCUT2D eigenvalue weighted by molar-refractivity contribution is -0.202. The smallest absolute Gasteiger partial charge is 0.181 e. The first-order chi connectivity index (χ1) is 4.22. The number of rotatable bonds is 0. The summed E-state index contributed by atoms with van der Waals surface area (Å²) in [5.74, 6) is 0.161. The first-order valence-electron chi connectivity index (χ1n) is 3.19. The second kappa shape index (κ2) is 2.64. The molecule has 9 heavy (non-hydrogen) atoms. The summed E-state index contributed by atoms with van der Waals surface area (Å²) in [6.45, 7) is 2.45. The van der Waals surface area contributed by atoms with Gasteiger partial charge in [0, 0.05) is 0 Å². The Morgan fingerprint density at radius 3 is 2.56 bits per heavy atom. The normalized spacial score (nSPS) is 45.0. The van der Waals surface area contributed by atoms with E-state index < -0.39 is 12.4 Å². The Hall–Kier alpha value is -0.120. The zero-order chi connectivity index (χ0) is 6.85. The van der Waals surface area contributed by atoms with Gasteiger partial charge in [0.05, 0.1) is 6.61 Å². The van der Waals surface area contributed by atoms with Crippen LogP contribution in [0.2, 0.25) is 0 Å². The molecule has 1 aliphatic heterocycles. The van der Waals surface area contributed by atoms with E-state index in [1.807, 2.05) is 6.92 Å². The van der Waals surface area contributed by atoms with Gasteiger partial charge in [0.15, 0.2) is 6.29 Å². The van der Waals surface area contributed by atoms with Gasteiger partial charge in [-0.25, -0.2) is 0 Å². The van der Waals surface area contributed by atoms with Gasteiger partial charge in [0.2, 0.25) is 0 Å². The molecule has 0 aromatic rings. The summed E-state index contributed by atoms with van der Waals surface area (Å²) in [7, 11) is 0. The van der Waals surface area contributed by atoms with Crippen molar-refractivity contribution in [1.82, 2.24) is 0 Å². The third-order valence-corrected chi connectivity index (χ3v) is 1.74. The minimum absolute atomic E-state index is 0.161. The van der Waals surface area contributed by atoms with E-state index in [1.54, 1.807) is 0 Å². The molecule has 0 aromatic carbocycles. The van der Waals surface area contributed by atoms with E-state index in [0.717, 1.165) is 6.42 Å². The maximum absolute atomic E-state index is 9.07. The summed E-state index contributed by atoms with van der Waals surface area (Å²) >= 11 is 0. The number of aliphatic hydroxyl groups excluding tert-OH is 2. The maximum atomic E-state index is 9.07. The fourth-order valence-electron chi connectivity index (χ4n) is 0.925. The van der Waals surface area contributed by atoms with Crippen molar-refractivity contribution in [3.05, 3.63) is 0 Å². The lowest BCUT2D eigenvalue weighted by Crippen LogP contribution is -2.39. The molecule has 0 aliphatic carbocycles. The second-order valence-electron chi connectivity index (χ2n) is 2.52. The van der Waals surface area contributed by atoms with Crippen molar-refractivity contribution in [3.63, 3.8) is 0 Å². The van der Waals surface area contributed by atoms with Crippen LogP contribution in [0.15, 0.2) is 0 Å². The number of ether oxygens (including phenoxy) is 1. The molecule has 3 nitrogen and oxygen atoms in total. The number of hydrogen-bond acceptors (Lipinski definition) is 3. The molecule has 1 rings (SSSR count). The third-order valence-electron chi connectivity index (χ3n) is 1.74. The van der Waals surface area contributed by atoms with Crippen molar-refractivity contribution < 1.29 is 14.9 Å². The van der Waals surface area contributed by atoms with Crippen LogP contribution in [-0.2, 0) is 4.74 Å². The molecule has 3 heteroatoms. The maximum Gasteiger partial charge on any atom is 0.181 e. The first-order valence-corrected chi connectivity index (χ1v) is 3.19. The molecule has 1 heterocycles. The van der Waals surface area contributed by atoms with Crippen molar-refractivity contribution in [1.29, 1.82) is 0 Å². The molecule has 0 bridgehead atoms. The number of aliphatic hydroxyl groups is 2. The average molecular weight is 132 g/mol. The van der Waals surface area contributed by atoms with Crippen LogP contribution >= 0.6 is 0 Å². The molecule has 0 radical (unpaired) electrons. The molecule has 0 aromatic heterocycles. The summed E-state index contributed by atoms with van der Waals surface area (Å²) in [5, 5.41) is 17.9. The van der Waals surface area contributed by atoms with Crippen LogP contribution in [0.4, 0.5) is 0 Å². The monoisotopic (exact) mass is 132 g/mol. The van der Waals surface area contributed by atoms with Crippen molar-refractivity contribution in [2.45, 2.75) is 25.7 Å². The molecule has 1 unspecified atom stereocenters. The van der Waals surface area contributed by atoms with Crippen molar-refractivity contribution in [2.75, 3.05) is 6.61 Å². The molecule has 1 fully saturated rings. The molecule has 54 valence electrons. The highest BCUT2D eigenvalue weighted by Crippen LogP contribution is 2.17. The van der Waals surface area contributed by atoms with E-state index in [4.69, 9.17) is 14.9 Å². The molecule has 0 spiro atoms. The van der Waals surface area contributed by atoms with Gasteiger partial charge < -0.3 is 14.9 Å². The lowest BCUT2D eigenvalue weighted by atomic mass is 9.99. The Morgan fingerprint density at radius 2 is 2.11 bits per heavy atom. The molecule has 1 aliphatic rings. The highest BCUT2D eigenvalue weighted by molar-refractivity contribution is 4.70. The van der Waals surface area contributed by atoms with E-state index in [2.05, 4.69) is 0 Å². The van der Waals surface area contributed by atoms with E-state index >= 15 is 0 Å². The summed E-state index contributed by atoms with van der Waals surface area (Å²) in [6.07, 6.45) is -0.828. The van der Waals surface area contributed by atoms with E-state index in [9.17, 15) is 0 Å². The highest BCUT2D eigenvalue weighted by atomic mass is 16.6. The minimum Gasteiger partial charge on any atom is -0.388 e. The van der Waals surface area contributed by atoms with Crippen molar-refractivity contribution in [2.24, 2.45) is 5.92 Å². The Balaban J connectivity index is 2.41. The SMILES string of the molecule is C[C@@H]1CCOC(O)[C@H]1O.